The lowest BCUT2D eigenvalue weighted by Crippen LogP contribution is -2.30. The molecule has 3 aromatic rings. The molecule has 0 spiro atoms. The number of carbonyl (C=O) groups excluding carboxylic acids is 3. The maximum atomic E-state index is 12.7. The second-order valence-electron chi connectivity index (χ2n) is 9.06. The molecule has 0 radical (unpaired) electrons. The van der Waals surface area contributed by atoms with Crippen molar-refractivity contribution in [1.29, 1.82) is 0 Å². The Bertz CT molecular complexity index is 1250. The van der Waals surface area contributed by atoms with Crippen LogP contribution in [0.25, 0.3) is 0 Å². The van der Waals surface area contributed by atoms with Crippen LogP contribution in [-0.2, 0) is 14.3 Å². The molecular weight excluding hydrogens is 442 g/mol. The quantitative estimate of drug-likeness (QED) is 0.333. The molecule has 0 N–H and O–H groups in total. The molecule has 3 aromatic carbocycles. The lowest BCUT2D eigenvalue weighted by atomic mass is 10.1. The number of aryl methyl sites for hydroxylation is 3. The average molecular weight is 472 g/mol. The van der Waals surface area contributed by atoms with Crippen molar-refractivity contribution in [3.8, 4) is 11.5 Å². The number of nitrogens with zero attached hydrogens (tertiary/aromatic N) is 1. The molecule has 1 heterocycles. The van der Waals surface area contributed by atoms with Crippen LogP contribution in [0.3, 0.4) is 0 Å². The van der Waals surface area contributed by atoms with Gasteiger partial charge in [-0.3, -0.25) is 14.4 Å². The third-order valence-electron chi connectivity index (χ3n) is 6.32. The van der Waals surface area contributed by atoms with E-state index >= 15 is 0 Å². The highest BCUT2D eigenvalue weighted by Gasteiger charge is 2.37. The fraction of sp³-hybridized carbons (Fsp3) is 0.276. The van der Waals surface area contributed by atoms with Crippen LogP contribution in [0.15, 0.2) is 66.7 Å². The molecule has 6 heteroatoms. The zero-order valence-corrected chi connectivity index (χ0v) is 20.4. The fourth-order valence-corrected chi connectivity index (χ4v) is 4.00. The fourth-order valence-electron chi connectivity index (χ4n) is 4.00. The summed E-state index contributed by atoms with van der Waals surface area (Å²) in [7, 11) is 0. The van der Waals surface area contributed by atoms with Crippen LogP contribution in [0.5, 0.6) is 11.5 Å². The summed E-state index contributed by atoms with van der Waals surface area (Å²) >= 11 is 0. The molecule has 1 saturated heterocycles. The predicted octanol–water partition coefficient (Wildman–Crippen LogP) is 5.57. The van der Waals surface area contributed by atoms with Crippen molar-refractivity contribution in [3.05, 3.63) is 89.0 Å². The molecule has 2 atom stereocenters. The van der Waals surface area contributed by atoms with Crippen molar-refractivity contribution in [3.63, 3.8) is 0 Å². The van der Waals surface area contributed by atoms with Gasteiger partial charge in [0.05, 0.1) is 5.92 Å². The minimum absolute atomic E-state index is 0.0468. The standard InChI is InChI=1S/C29H29NO5/c1-18-5-8-22(9-6-18)28(32)21(4)34-29(33)23-16-27(31)30(17-23)24-10-13-25(14-11-24)35-26-12-7-19(2)20(3)15-26/h5-15,21,23H,16-17H2,1-4H3/t21-,23+/m0/s1. The van der Waals surface area contributed by atoms with Crippen molar-refractivity contribution in [2.75, 3.05) is 11.4 Å². The molecule has 0 aliphatic carbocycles. The van der Waals surface area contributed by atoms with E-state index in [1.807, 2.05) is 51.1 Å². The van der Waals surface area contributed by atoms with Gasteiger partial charge in [0.25, 0.3) is 0 Å². The first-order valence-electron chi connectivity index (χ1n) is 11.7. The third kappa shape index (κ3) is 5.60. The Hall–Kier alpha value is -3.93. The van der Waals surface area contributed by atoms with E-state index in [2.05, 4.69) is 0 Å². The van der Waals surface area contributed by atoms with Gasteiger partial charge < -0.3 is 14.4 Å². The maximum Gasteiger partial charge on any atom is 0.312 e. The van der Waals surface area contributed by atoms with Crippen molar-refractivity contribution < 1.29 is 23.9 Å². The summed E-state index contributed by atoms with van der Waals surface area (Å²) in [4.78, 5) is 39.5. The van der Waals surface area contributed by atoms with Crippen molar-refractivity contribution >= 4 is 23.3 Å². The zero-order chi connectivity index (χ0) is 25.1. The SMILES string of the molecule is Cc1ccc(C(=O)[C@H](C)OC(=O)[C@@H]2CC(=O)N(c3ccc(Oc4ccc(C)c(C)c4)cc3)C2)cc1. The summed E-state index contributed by atoms with van der Waals surface area (Å²) in [5.41, 5.74) is 4.56. The first-order valence-corrected chi connectivity index (χ1v) is 11.7. The molecule has 0 unspecified atom stereocenters. The molecule has 0 aromatic heterocycles. The van der Waals surface area contributed by atoms with E-state index in [0.717, 1.165) is 16.9 Å². The number of Topliss-reactive ketones (excluding diaryl/α,β-unsaturated/α-hetero) is 1. The molecular formula is C29H29NO5. The molecule has 4 rings (SSSR count). The summed E-state index contributed by atoms with van der Waals surface area (Å²) in [5, 5.41) is 0. The Labute approximate surface area is 205 Å². The van der Waals surface area contributed by atoms with Gasteiger partial charge in [0, 0.05) is 24.2 Å². The smallest absolute Gasteiger partial charge is 0.312 e. The summed E-state index contributed by atoms with van der Waals surface area (Å²) in [5.74, 6) is -0.185. The molecule has 1 fully saturated rings. The molecule has 1 aliphatic rings. The lowest BCUT2D eigenvalue weighted by molar-refractivity contribution is -0.151. The molecule has 0 saturated carbocycles. The van der Waals surface area contributed by atoms with Gasteiger partial charge in [-0.2, -0.15) is 0 Å². The van der Waals surface area contributed by atoms with Gasteiger partial charge in [-0.15, -0.1) is 0 Å². The number of amides is 1. The van der Waals surface area contributed by atoms with Crippen LogP contribution < -0.4 is 9.64 Å². The number of benzene rings is 3. The third-order valence-corrected chi connectivity index (χ3v) is 6.32. The van der Waals surface area contributed by atoms with Crippen LogP contribution in [-0.4, -0.2) is 30.3 Å². The summed E-state index contributed by atoms with van der Waals surface area (Å²) in [6.45, 7) is 7.78. The van der Waals surface area contributed by atoms with E-state index in [0.29, 0.717) is 17.0 Å². The summed E-state index contributed by atoms with van der Waals surface area (Å²) < 4.78 is 11.3. The Morgan fingerprint density at radius 2 is 1.54 bits per heavy atom. The monoisotopic (exact) mass is 471 g/mol. The largest absolute Gasteiger partial charge is 0.457 e. The number of rotatable bonds is 7. The molecule has 1 aliphatic heterocycles. The van der Waals surface area contributed by atoms with Gasteiger partial charge in [-0.25, -0.2) is 0 Å². The van der Waals surface area contributed by atoms with Gasteiger partial charge in [0.15, 0.2) is 6.10 Å². The first kappa shape index (κ1) is 24.2. The molecule has 6 nitrogen and oxygen atoms in total. The van der Waals surface area contributed by atoms with E-state index < -0.39 is 18.0 Å². The van der Waals surface area contributed by atoms with Crippen LogP contribution in [0.1, 0.15) is 40.4 Å². The van der Waals surface area contributed by atoms with Gasteiger partial charge in [-0.1, -0.05) is 35.9 Å². The maximum absolute atomic E-state index is 12.7. The Kier molecular flexibility index (Phi) is 7.01. The number of ether oxygens (including phenoxy) is 2. The number of hydrogen-bond acceptors (Lipinski definition) is 5. The molecule has 35 heavy (non-hydrogen) atoms. The highest BCUT2D eigenvalue weighted by molar-refractivity contribution is 6.02. The van der Waals surface area contributed by atoms with Gasteiger partial charge >= 0.3 is 5.97 Å². The zero-order valence-electron chi connectivity index (χ0n) is 20.4. The van der Waals surface area contributed by atoms with Gasteiger partial charge in [0.1, 0.15) is 11.5 Å². The number of anilines is 1. The number of esters is 1. The van der Waals surface area contributed by atoms with E-state index in [9.17, 15) is 14.4 Å². The van der Waals surface area contributed by atoms with E-state index in [1.54, 1.807) is 48.2 Å². The van der Waals surface area contributed by atoms with Crippen LogP contribution in [0.4, 0.5) is 5.69 Å². The van der Waals surface area contributed by atoms with Crippen molar-refractivity contribution in [1.82, 2.24) is 0 Å². The topological polar surface area (TPSA) is 72.9 Å². The van der Waals surface area contributed by atoms with Crippen LogP contribution in [0.2, 0.25) is 0 Å². The average Bonchev–Trinajstić information content (AvgIpc) is 3.23. The second-order valence-corrected chi connectivity index (χ2v) is 9.06. The highest BCUT2D eigenvalue weighted by Crippen LogP contribution is 2.30. The highest BCUT2D eigenvalue weighted by atomic mass is 16.5. The number of ketones is 1. The van der Waals surface area contributed by atoms with Crippen LogP contribution >= 0.6 is 0 Å². The van der Waals surface area contributed by atoms with Crippen LogP contribution in [0, 0.1) is 26.7 Å². The normalized spacial score (nSPS) is 16.2. The minimum atomic E-state index is -0.920. The van der Waals surface area contributed by atoms with E-state index in [1.165, 1.54) is 5.56 Å². The van der Waals surface area contributed by atoms with E-state index in [4.69, 9.17) is 9.47 Å². The Morgan fingerprint density at radius 3 is 2.20 bits per heavy atom. The first-order chi connectivity index (χ1) is 16.7. The summed E-state index contributed by atoms with van der Waals surface area (Å²) in [6.07, 6.45) is -0.873. The van der Waals surface area contributed by atoms with E-state index in [-0.39, 0.29) is 24.7 Å². The van der Waals surface area contributed by atoms with Gasteiger partial charge in [0.2, 0.25) is 11.7 Å². The van der Waals surface area contributed by atoms with Crippen molar-refractivity contribution in [2.24, 2.45) is 5.92 Å². The molecule has 0 bridgehead atoms. The minimum Gasteiger partial charge on any atom is -0.457 e. The Morgan fingerprint density at radius 1 is 0.886 bits per heavy atom. The van der Waals surface area contributed by atoms with Crippen molar-refractivity contribution in [2.45, 2.75) is 40.2 Å². The number of hydrogen-bond donors (Lipinski definition) is 0. The van der Waals surface area contributed by atoms with Gasteiger partial charge in [-0.05, 0) is 75.2 Å². The second kappa shape index (κ2) is 10.1. The lowest BCUT2D eigenvalue weighted by Gasteiger charge is -2.18. The Balaban J connectivity index is 1.36. The predicted molar refractivity (Wildman–Crippen MR) is 134 cm³/mol. The molecule has 180 valence electrons. The summed E-state index contributed by atoms with van der Waals surface area (Å²) in [6, 6.07) is 20.2. The number of carbonyl (C=O) groups is 3. The molecule has 1 amide bonds.